The molecule has 0 aromatic rings. The summed E-state index contributed by atoms with van der Waals surface area (Å²) in [5, 5.41) is 84.5. The zero-order chi connectivity index (χ0) is 18.6. The number of carboxylic acid groups (broad SMARTS) is 1. The van der Waals surface area contributed by atoms with Crippen molar-refractivity contribution in [3.05, 3.63) is 0 Å². The largest absolute Gasteiger partial charge is 0.479 e. The van der Waals surface area contributed by atoms with E-state index in [9.17, 15) is 35.4 Å². The molecule has 0 aromatic carbocycles. The lowest BCUT2D eigenvalue weighted by Crippen LogP contribution is -2.61. The zero-order valence-electron chi connectivity index (χ0n) is 12.4. The van der Waals surface area contributed by atoms with Crippen LogP contribution in [-0.4, -0.2) is 120 Å². The maximum absolute atomic E-state index is 10.7. The van der Waals surface area contributed by atoms with Crippen molar-refractivity contribution < 1.29 is 60.2 Å². The van der Waals surface area contributed by atoms with Crippen LogP contribution < -0.4 is 0 Å². The van der Waals surface area contributed by atoms with E-state index in [1.165, 1.54) is 0 Å². The van der Waals surface area contributed by atoms with Crippen LogP contribution >= 0.6 is 0 Å². The van der Waals surface area contributed by atoms with Gasteiger partial charge in [0.25, 0.3) is 0 Å². The Bertz CT molecular complexity index is 403. The van der Waals surface area contributed by atoms with Gasteiger partial charge in [-0.15, -0.1) is 0 Å². The highest BCUT2D eigenvalue weighted by Gasteiger charge is 2.47. The number of carboxylic acids is 1. The third kappa shape index (κ3) is 4.58. The SMILES string of the molecule is O=C(O)C(O)C(O)[C@H](O[C@@H]1OC(CO)[C@H](O)C(O)C1O)C(O)CO. The molecule has 0 saturated carbocycles. The van der Waals surface area contributed by atoms with E-state index >= 15 is 0 Å². The van der Waals surface area contributed by atoms with Gasteiger partial charge in [-0.05, 0) is 0 Å². The van der Waals surface area contributed by atoms with Crippen LogP contribution in [0, 0.1) is 0 Å². The highest BCUT2D eigenvalue weighted by Crippen LogP contribution is 2.24. The van der Waals surface area contributed by atoms with Gasteiger partial charge in [-0.1, -0.05) is 0 Å². The molecule has 0 amide bonds. The minimum absolute atomic E-state index is 0.766. The number of carbonyl (C=O) groups is 1. The summed E-state index contributed by atoms with van der Waals surface area (Å²) in [5.41, 5.74) is 0. The van der Waals surface area contributed by atoms with Crippen LogP contribution in [-0.2, 0) is 14.3 Å². The molecule has 12 heteroatoms. The van der Waals surface area contributed by atoms with Crippen molar-refractivity contribution in [2.24, 2.45) is 0 Å². The Labute approximate surface area is 135 Å². The Balaban J connectivity index is 2.94. The predicted molar refractivity (Wildman–Crippen MR) is 71.4 cm³/mol. The Morgan fingerprint density at radius 3 is 2.08 bits per heavy atom. The standard InChI is InChI=1S/C12H22O12/c13-1-3(15)10(7(18)8(19)11(21)22)24-12-9(20)6(17)5(16)4(2-14)23-12/h3-10,12-20H,1-2H2,(H,21,22)/t3?,4?,5-,6?,7?,8?,9?,10+,12-/m0/s1. The smallest absolute Gasteiger partial charge is 0.335 e. The van der Waals surface area contributed by atoms with E-state index in [1.54, 1.807) is 0 Å². The second-order valence-electron chi connectivity index (χ2n) is 5.32. The molecule has 1 fully saturated rings. The molecule has 0 spiro atoms. The molecule has 24 heavy (non-hydrogen) atoms. The molecule has 1 saturated heterocycles. The van der Waals surface area contributed by atoms with Crippen LogP contribution in [0.3, 0.4) is 0 Å². The van der Waals surface area contributed by atoms with Gasteiger partial charge in [0.2, 0.25) is 0 Å². The van der Waals surface area contributed by atoms with Gasteiger partial charge in [-0.25, -0.2) is 4.79 Å². The number of aliphatic carboxylic acids is 1. The highest BCUT2D eigenvalue weighted by atomic mass is 16.7. The van der Waals surface area contributed by atoms with Crippen LogP contribution in [0.5, 0.6) is 0 Å². The quantitative estimate of drug-likeness (QED) is 0.198. The van der Waals surface area contributed by atoms with Gasteiger partial charge in [0.05, 0.1) is 13.2 Å². The summed E-state index contributed by atoms with van der Waals surface area (Å²) in [4.78, 5) is 10.7. The monoisotopic (exact) mass is 358 g/mol. The molecular weight excluding hydrogens is 336 g/mol. The number of ether oxygens (including phenoxy) is 2. The van der Waals surface area contributed by atoms with Crippen molar-refractivity contribution >= 4 is 5.97 Å². The number of aliphatic hydroxyl groups excluding tert-OH is 8. The van der Waals surface area contributed by atoms with Crippen molar-refractivity contribution in [2.75, 3.05) is 13.2 Å². The van der Waals surface area contributed by atoms with Crippen LogP contribution in [0.2, 0.25) is 0 Å². The number of hydrogen-bond donors (Lipinski definition) is 9. The average Bonchev–Trinajstić information content (AvgIpc) is 2.57. The van der Waals surface area contributed by atoms with Crippen molar-refractivity contribution in [3.63, 3.8) is 0 Å². The third-order valence-corrected chi connectivity index (χ3v) is 3.62. The van der Waals surface area contributed by atoms with E-state index in [-0.39, 0.29) is 0 Å². The second kappa shape index (κ2) is 8.96. The van der Waals surface area contributed by atoms with Crippen molar-refractivity contribution in [2.45, 2.75) is 55.1 Å². The van der Waals surface area contributed by atoms with Gasteiger partial charge in [-0.3, -0.25) is 0 Å². The Hall–Kier alpha value is -0.930. The molecule has 1 aliphatic heterocycles. The number of aliphatic hydroxyl groups is 8. The Kier molecular flexibility index (Phi) is 7.88. The molecule has 0 aliphatic carbocycles. The average molecular weight is 358 g/mol. The molecule has 6 unspecified atom stereocenters. The molecule has 9 atom stereocenters. The minimum atomic E-state index is -2.39. The predicted octanol–water partition coefficient (Wildman–Crippen LogP) is -5.67. The molecule has 1 rings (SSSR count). The van der Waals surface area contributed by atoms with Crippen LogP contribution in [0.25, 0.3) is 0 Å². The van der Waals surface area contributed by atoms with E-state index in [2.05, 4.69) is 0 Å². The summed E-state index contributed by atoms with van der Waals surface area (Å²) in [6.07, 6.45) is -16.9. The lowest BCUT2D eigenvalue weighted by Gasteiger charge is -2.42. The van der Waals surface area contributed by atoms with Crippen LogP contribution in [0.4, 0.5) is 0 Å². The molecule has 1 aliphatic rings. The molecule has 0 radical (unpaired) electrons. The molecule has 0 bridgehead atoms. The molecule has 12 nitrogen and oxygen atoms in total. The van der Waals surface area contributed by atoms with Gasteiger partial charge >= 0.3 is 5.97 Å². The summed E-state index contributed by atoms with van der Waals surface area (Å²) in [7, 11) is 0. The normalized spacial score (nSPS) is 35.9. The molecule has 9 N–H and O–H groups in total. The van der Waals surface area contributed by atoms with Gasteiger partial charge in [0.1, 0.15) is 42.7 Å². The third-order valence-electron chi connectivity index (χ3n) is 3.62. The fourth-order valence-corrected chi connectivity index (χ4v) is 2.16. The first-order valence-electron chi connectivity index (χ1n) is 6.99. The van der Waals surface area contributed by atoms with E-state index < -0.39 is 74.3 Å². The fourth-order valence-electron chi connectivity index (χ4n) is 2.16. The molecule has 1 heterocycles. The second-order valence-corrected chi connectivity index (χ2v) is 5.32. The van der Waals surface area contributed by atoms with Crippen molar-refractivity contribution in [1.29, 1.82) is 0 Å². The first kappa shape index (κ1) is 21.1. The molecule has 0 aromatic heterocycles. The lowest BCUT2D eigenvalue weighted by molar-refractivity contribution is -0.326. The summed E-state index contributed by atoms with van der Waals surface area (Å²) >= 11 is 0. The maximum Gasteiger partial charge on any atom is 0.335 e. The highest BCUT2D eigenvalue weighted by molar-refractivity contribution is 5.72. The zero-order valence-corrected chi connectivity index (χ0v) is 12.4. The maximum atomic E-state index is 10.7. The topological polar surface area (TPSA) is 218 Å². The van der Waals surface area contributed by atoms with Gasteiger partial charge < -0.3 is 55.4 Å². The molecule has 142 valence electrons. The summed E-state index contributed by atoms with van der Waals surface area (Å²) in [6.45, 7) is -1.76. The minimum Gasteiger partial charge on any atom is -0.479 e. The van der Waals surface area contributed by atoms with E-state index in [0.717, 1.165) is 0 Å². The van der Waals surface area contributed by atoms with Gasteiger partial charge in [-0.2, -0.15) is 0 Å². The van der Waals surface area contributed by atoms with Gasteiger partial charge in [0.15, 0.2) is 12.4 Å². The number of hydrogen-bond acceptors (Lipinski definition) is 11. The van der Waals surface area contributed by atoms with Crippen molar-refractivity contribution in [1.82, 2.24) is 0 Å². The Morgan fingerprint density at radius 2 is 1.62 bits per heavy atom. The van der Waals surface area contributed by atoms with E-state index in [4.69, 9.17) is 24.8 Å². The Morgan fingerprint density at radius 1 is 1.04 bits per heavy atom. The van der Waals surface area contributed by atoms with Gasteiger partial charge in [0, 0.05) is 0 Å². The van der Waals surface area contributed by atoms with E-state index in [0.29, 0.717) is 0 Å². The summed E-state index contributed by atoms with van der Waals surface area (Å²) in [6, 6.07) is 0. The summed E-state index contributed by atoms with van der Waals surface area (Å²) in [5.74, 6) is -1.84. The fraction of sp³-hybridized carbons (Fsp3) is 0.917. The van der Waals surface area contributed by atoms with Crippen LogP contribution in [0.1, 0.15) is 0 Å². The van der Waals surface area contributed by atoms with Crippen molar-refractivity contribution in [3.8, 4) is 0 Å². The molecular formula is C12H22O12. The van der Waals surface area contributed by atoms with E-state index in [1.807, 2.05) is 0 Å². The summed E-state index contributed by atoms with van der Waals surface area (Å²) < 4.78 is 9.98. The first-order valence-corrected chi connectivity index (χ1v) is 6.99. The van der Waals surface area contributed by atoms with Crippen LogP contribution in [0.15, 0.2) is 0 Å². The lowest BCUT2D eigenvalue weighted by atomic mass is 9.98. The number of rotatable bonds is 8. The first-order chi connectivity index (χ1) is 11.1.